The van der Waals surface area contributed by atoms with E-state index in [2.05, 4.69) is 6.08 Å². The molecule has 3 rings (SSSR count). The summed E-state index contributed by atoms with van der Waals surface area (Å²) in [4.78, 5) is 27.8. The van der Waals surface area contributed by atoms with E-state index in [0.717, 1.165) is 17.6 Å². The lowest BCUT2D eigenvalue weighted by molar-refractivity contribution is -0.159. The van der Waals surface area contributed by atoms with Crippen molar-refractivity contribution in [3.05, 3.63) is 42.0 Å². The van der Waals surface area contributed by atoms with Crippen molar-refractivity contribution in [2.24, 2.45) is 0 Å². The Labute approximate surface area is 142 Å². The minimum Gasteiger partial charge on any atom is -0.378 e. The highest BCUT2D eigenvalue weighted by Gasteiger charge is 2.43. The third-order valence-corrected chi connectivity index (χ3v) is 4.90. The summed E-state index contributed by atoms with van der Waals surface area (Å²) in [6, 6.07) is 10.0. The summed E-state index contributed by atoms with van der Waals surface area (Å²) >= 11 is 0. The van der Waals surface area contributed by atoms with E-state index in [4.69, 9.17) is 0 Å². The van der Waals surface area contributed by atoms with Gasteiger partial charge in [0.05, 0.1) is 6.54 Å². The number of carbonyl (C=O) groups is 2. The van der Waals surface area contributed by atoms with Gasteiger partial charge in [0.2, 0.25) is 5.91 Å². The number of carbonyl (C=O) groups excluding carboxylic acids is 2. The van der Waals surface area contributed by atoms with Crippen LogP contribution in [0.3, 0.4) is 0 Å². The predicted octanol–water partition coefficient (Wildman–Crippen LogP) is 1.68. The number of aliphatic hydroxyl groups is 1. The first-order valence-corrected chi connectivity index (χ1v) is 8.51. The molecule has 1 N–H and O–H groups in total. The van der Waals surface area contributed by atoms with Gasteiger partial charge in [0, 0.05) is 26.6 Å². The van der Waals surface area contributed by atoms with Crippen LogP contribution in [0.2, 0.25) is 0 Å². The highest BCUT2D eigenvalue weighted by molar-refractivity contribution is 5.88. The first-order chi connectivity index (χ1) is 11.5. The number of likely N-dealkylation sites (tertiary alicyclic amines) is 1. The van der Waals surface area contributed by atoms with Crippen LogP contribution in [-0.2, 0) is 9.59 Å². The van der Waals surface area contributed by atoms with E-state index in [9.17, 15) is 14.7 Å². The normalized spacial score (nSPS) is 24.5. The van der Waals surface area contributed by atoms with Gasteiger partial charge in [0.1, 0.15) is 0 Å². The number of amides is 2. The fraction of sp³-hybridized carbons (Fsp3) is 0.474. The van der Waals surface area contributed by atoms with Gasteiger partial charge in [0.15, 0.2) is 5.60 Å². The number of β-amino-alcohol motifs (C(OH)–C–C–N with tert-alkyl or cyclic N) is 1. The lowest BCUT2D eigenvalue weighted by Crippen LogP contribution is -2.59. The Bertz CT molecular complexity index is 656. The van der Waals surface area contributed by atoms with E-state index in [1.54, 1.807) is 9.80 Å². The Hall–Kier alpha value is -2.14. The second-order valence-corrected chi connectivity index (χ2v) is 6.69. The number of benzene rings is 1. The second-order valence-electron chi connectivity index (χ2n) is 6.69. The molecule has 0 aromatic heterocycles. The van der Waals surface area contributed by atoms with Crippen LogP contribution >= 0.6 is 0 Å². The molecule has 0 spiro atoms. The van der Waals surface area contributed by atoms with E-state index in [-0.39, 0.29) is 18.4 Å². The Morgan fingerprint density at radius 2 is 1.88 bits per heavy atom. The van der Waals surface area contributed by atoms with E-state index >= 15 is 0 Å². The summed E-state index contributed by atoms with van der Waals surface area (Å²) in [5.74, 6) is -0.348. The molecule has 2 aliphatic heterocycles. The molecule has 1 fully saturated rings. The van der Waals surface area contributed by atoms with Crippen molar-refractivity contribution < 1.29 is 14.7 Å². The smallest absolute Gasteiger partial charge is 0.256 e. The van der Waals surface area contributed by atoms with E-state index in [0.29, 0.717) is 32.5 Å². The third kappa shape index (κ3) is 3.36. The van der Waals surface area contributed by atoms with Crippen molar-refractivity contribution in [2.45, 2.75) is 31.8 Å². The van der Waals surface area contributed by atoms with Gasteiger partial charge >= 0.3 is 0 Å². The summed E-state index contributed by atoms with van der Waals surface area (Å²) in [6.45, 7) is 3.30. The predicted molar refractivity (Wildman–Crippen MR) is 92.1 cm³/mol. The molecule has 5 nitrogen and oxygen atoms in total. The summed E-state index contributed by atoms with van der Waals surface area (Å²) in [6.07, 6.45) is 4.00. The lowest BCUT2D eigenvalue weighted by Gasteiger charge is -2.41. The Morgan fingerprint density at radius 3 is 2.58 bits per heavy atom. The average Bonchev–Trinajstić information content (AvgIpc) is 2.62. The van der Waals surface area contributed by atoms with Crippen molar-refractivity contribution in [1.29, 1.82) is 0 Å². The van der Waals surface area contributed by atoms with Crippen LogP contribution in [0.15, 0.2) is 36.4 Å². The first-order valence-electron chi connectivity index (χ1n) is 8.51. The van der Waals surface area contributed by atoms with Crippen molar-refractivity contribution >= 4 is 17.4 Å². The largest absolute Gasteiger partial charge is 0.378 e. The summed E-state index contributed by atoms with van der Waals surface area (Å²) < 4.78 is 0. The molecule has 1 atom stereocenters. The minimum absolute atomic E-state index is 0.0931. The van der Waals surface area contributed by atoms with Gasteiger partial charge in [-0.05, 0) is 30.4 Å². The van der Waals surface area contributed by atoms with Crippen LogP contribution in [-0.4, -0.2) is 58.5 Å². The van der Waals surface area contributed by atoms with Crippen molar-refractivity contribution in [2.75, 3.05) is 26.2 Å². The molecule has 0 saturated carbocycles. The SMILES string of the molecule is CC(=O)N1CCC[C@](O)(C(=O)N2CCC=C(c3ccccc3)C2)C1. The van der Waals surface area contributed by atoms with Gasteiger partial charge in [0.25, 0.3) is 5.91 Å². The zero-order valence-corrected chi connectivity index (χ0v) is 14.1. The molecule has 1 aromatic rings. The maximum Gasteiger partial charge on any atom is 0.256 e. The molecule has 128 valence electrons. The highest BCUT2D eigenvalue weighted by atomic mass is 16.3. The molecule has 24 heavy (non-hydrogen) atoms. The van der Waals surface area contributed by atoms with E-state index in [1.165, 1.54) is 6.92 Å². The molecule has 2 amide bonds. The maximum absolute atomic E-state index is 12.9. The Kier molecular flexibility index (Phi) is 4.71. The van der Waals surface area contributed by atoms with Crippen molar-refractivity contribution in [1.82, 2.24) is 9.80 Å². The quantitative estimate of drug-likeness (QED) is 0.898. The molecular formula is C19H24N2O3. The second kappa shape index (κ2) is 6.77. The number of rotatable bonds is 2. The summed E-state index contributed by atoms with van der Waals surface area (Å²) in [7, 11) is 0. The third-order valence-electron chi connectivity index (χ3n) is 4.90. The highest BCUT2D eigenvalue weighted by Crippen LogP contribution is 2.27. The maximum atomic E-state index is 12.9. The monoisotopic (exact) mass is 328 g/mol. The topological polar surface area (TPSA) is 60.9 Å². The van der Waals surface area contributed by atoms with Gasteiger partial charge in [-0.1, -0.05) is 36.4 Å². The van der Waals surface area contributed by atoms with Crippen LogP contribution in [0, 0.1) is 0 Å². The number of nitrogens with zero attached hydrogens (tertiary/aromatic N) is 2. The summed E-state index contributed by atoms with van der Waals surface area (Å²) in [5.41, 5.74) is 0.761. The molecular weight excluding hydrogens is 304 g/mol. The zero-order valence-electron chi connectivity index (χ0n) is 14.1. The molecule has 1 aromatic carbocycles. The fourth-order valence-corrected chi connectivity index (χ4v) is 3.55. The van der Waals surface area contributed by atoms with Crippen LogP contribution in [0.4, 0.5) is 0 Å². The Balaban J connectivity index is 1.73. The summed E-state index contributed by atoms with van der Waals surface area (Å²) in [5, 5.41) is 10.9. The first kappa shape index (κ1) is 16.7. The Morgan fingerprint density at radius 1 is 1.12 bits per heavy atom. The molecule has 0 bridgehead atoms. The van der Waals surface area contributed by atoms with Crippen LogP contribution in [0.1, 0.15) is 31.7 Å². The van der Waals surface area contributed by atoms with Gasteiger partial charge in [-0.25, -0.2) is 0 Å². The molecule has 0 radical (unpaired) electrons. The van der Waals surface area contributed by atoms with Crippen LogP contribution < -0.4 is 0 Å². The molecule has 1 saturated heterocycles. The fourth-order valence-electron chi connectivity index (χ4n) is 3.55. The molecule has 2 heterocycles. The zero-order chi connectivity index (χ0) is 17.2. The van der Waals surface area contributed by atoms with E-state index < -0.39 is 5.60 Å². The molecule has 0 unspecified atom stereocenters. The van der Waals surface area contributed by atoms with Crippen molar-refractivity contribution in [3.8, 4) is 0 Å². The van der Waals surface area contributed by atoms with Crippen LogP contribution in [0.25, 0.3) is 5.57 Å². The van der Waals surface area contributed by atoms with Crippen LogP contribution in [0.5, 0.6) is 0 Å². The average molecular weight is 328 g/mol. The molecule has 5 heteroatoms. The lowest BCUT2D eigenvalue weighted by atomic mass is 9.90. The van der Waals surface area contributed by atoms with Gasteiger partial charge in [-0.2, -0.15) is 0 Å². The van der Waals surface area contributed by atoms with Gasteiger partial charge in [-0.3, -0.25) is 9.59 Å². The number of hydrogen-bond acceptors (Lipinski definition) is 3. The van der Waals surface area contributed by atoms with Gasteiger partial charge < -0.3 is 14.9 Å². The minimum atomic E-state index is -1.46. The van der Waals surface area contributed by atoms with Crippen molar-refractivity contribution in [3.63, 3.8) is 0 Å². The molecule has 0 aliphatic carbocycles. The van der Waals surface area contributed by atoms with E-state index in [1.807, 2.05) is 30.3 Å². The van der Waals surface area contributed by atoms with Gasteiger partial charge in [-0.15, -0.1) is 0 Å². The number of piperidine rings is 1. The number of hydrogen-bond donors (Lipinski definition) is 1. The standard InChI is InChI=1S/C19H24N2O3/c1-15(22)21-12-6-10-19(24,14-21)18(23)20-11-5-9-17(13-20)16-7-3-2-4-8-16/h2-4,7-9,24H,5-6,10-14H2,1H3/t19-/m1/s1. The molecule has 2 aliphatic rings.